The Morgan fingerprint density at radius 1 is 1.04 bits per heavy atom. The number of hydrogen-bond donors (Lipinski definition) is 2. The van der Waals surface area contributed by atoms with Crippen LogP contribution in [0.25, 0.3) is 11.3 Å². The lowest BCUT2D eigenvalue weighted by molar-refractivity contribution is 0.0914. The molecule has 1 aromatic heterocycles. The van der Waals surface area contributed by atoms with E-state index in [2.05, 4.69) is 20.4 Å². The summed E-state index contributed by atoms with van der Waals surface area (Å²) < 4.78 is 8.84. The van der Waals surface area contributed by atoms with Crippen LogP contribution in [0.15, 0.2) is 54.6 Å². The molecule has 9 heteroatoms. The van der Waals surface area contributed by atoms with Crippen molar-refractivity contribution in [2.75, 3.05) is 6.61 Å². The number of nitrogens with one attached hydrogen (secondary N) is 2. The minimum absolute atomic E-state index is 0.128. The van der Waals surface area contributed by atoms with Gasteiger partial charge in [-0.2, -0.15) is 0 Å². The number of hydrogen-bond acceptors (Lipinski definition) is 6. The van der Waals surface area contributed by atoms with Gasteiger partial charge in [-0.3, -0.25) is 10.2 Å². The van der Waals surface area contributed by atoms with Gasteiger partial charge in [-0.05, 0) is 23.2 Å². The first-order chi connectivity index (χ1) is 13.1. The van der Waals surface area contributed by atoms with Crippen LogP contribution in [0.2, 0.25) is 5.02 Å². The van der Waals surface area contributed by atoms with E-state index < -0.39 is 12.0 Å². The number of hydrazine groups is 1. The zero-order valence-corrected chi connectivity index (χ0v) is 15.6. The molecule has 0 saturated carbocycles. The van der Waals surface area contributed by atoms with E-state index in [0.29, 0.717) is 17.1 Å². The van der Waals surface area contributed by atoms with Gasteiger partial charge in [0.2, 0.25) is 0 Å². The topological polar surface area (TPSA) is 93.2 Å². The third kappa shape index (κ3) is 5.02. The van der Waals surface area contributed by atoms with E-state index in [4.69, 9.17) is 16.3 Å². The molecule has 0 unspecified atom stereocenters. The number of aromatic nitrogens is 2. The number of ether oxygens (including phenoxy) is 1. The molecule has 3 rings (SSSR count). The van der Waals surface area contributed by atoms with Crippen molar-refractivity contribution in [3.05, 3.63) is 70.1 Å². The summed E-state index contributed by atoms with van der Waals surface area (Å²) in [5.74, 6) is -0.521. The minimum Gasteiger partial charge on any atom is -0.448 e. The molecule has 2 aromatic carbocycles. The molecule has 0 atom stereocenters. The van der Waals surface area contributed by atoms with Gasteiger partial charge < -0.3 is 4.74 Å². The Kier molecular flexibility index (Phi) is 6.35. The lowest BCUT2D eigenvalue weighted by Crippen LogP contribution is -2.42. The second-order valence-electron chi connectivity index (χ2n) is 5.37. The number of amides is 2. The molecule has 0 fully saturated rings. The second-order valence-corrected chi connectivity index (χ2v) is 6.53. The SMILES string of the molecule is O=C(NNC(=O)c1snnc1-c1ccccc1)OCCc1ccccc1Cl. The number of halogens is 1. The van der Waals surface area contributed by atoms with Crippen molar-refractivity contribution in [3.8, 4) is 11.3 Å². The van der Waals surface area contributed by atoms with E-state index in [1.54, 1.807) is 6.07 Å². The van der Waals surface area contributed by atoms with E-state index in [9.17, 15) is 9.59 Å². The van der Waals surface area contributed by atoms with Gasteiger partial charge in [0.1, 0.15) is 10.6 Å². The molecule has 0 aliphatic heterocycles. The van der Waals surface area contributed by atoms with Crippen LogP contribution in [-0.4, -0.2) is 28.2 Å². The minimum atomic E-state index is -0.769. The average Bonchev–Trinajstić information content (AvgIpc) is 3.18. The van der Waals surface area contributed by atoms with Crippen LogP contribution in [-0.2, 0) is 11.2 Å². The first-order valence-electron chi connectivity index (χ1n) is 7.99. The van der Waals surface area contributed by atoms with Crippen LogP contribution < -0.4 is 10.9 Å². The van der Waals surface area contributed by atoms with Gasteiger partial charge in [0.25, 0.3) is 5.91 Å². The summed E-state index contributed by atoms with van der Waals surface area (Å²) in [4.78, 5) is 24.3. The summed E-state index contributed by atoms with van der Waals surface area (Å²) in [6.07, 6.45) is -0.299. The van der Waals surface area contributed by atoms with Crippen molar-refractivity contribution in [2.45, 2.75) is 6.42 Å². The molecule has 0 aliphatic rings. The molecule has 1 heterocycles. The van der Waals surface area contributed by atoms with Gasteiger partial charge in [-0.25, -0.2) is 10.2 Å². The molecule has 3 aromatic rings. The van der Waals surface area contributed by atoms with Crippen LogP contribution in [0.1, 0.15) is 15.2 Å². The van der Waals surface area contributed by atoms with E-state index in [0.717, 1.165) is 22.7 Å². The molecular weight excluding hydrogens is 388 g/mol. The normalized spacial score (nSPS) is 10.3. The molecule has 7 nitrogen and oxygen atoms in total. The average molecular weight is 403 g/mol. The standard InChI is InChI=1S/C18H15ClN4O3S/c19-14-9-5-4-6-12(14)10-11-26-18(25)22-21-17(24)16-15(20-23-27-16)13-7-2-1-3-8-13/h1-9H,10-11H2,(H,21,24)(H,22,25). The number of carbonyl (C=O) groups excluding carboxylic acids is 2. The predicted molar refractivity (Wildman–Crippen MR) is 102 cm³/mol. The fourth-order valence-electron chi connectivity index (χ4n) is 2.28. The maximum absolute atomic E-state index is 12.3. The largest absolute Gasteiger partial charge is 0.448 e. The number of nitrogens with zero attached hydrogens (tertiary/aromatic N) is 2. The van der Waals surface area contributed by atoms with Crippen molar-refractivity contribution in [1.29, 1.82) is 0 Å². The van der Waals surface area contributed by atoms with Crippen LogP contribution in [0.4, 0.5) is 4.79 Å². The predicted octanol–water partition coefficient (Wildman–Crippen LogP) is 3.47. The number of carbonyl (C=O) groups is 2. The van der Waals surface area contributed by atoms with Gasteiger partial charge in [0.15, 0.2) is 0 Å². The molecule has 2 amide bonds. The molecule has 0 aliphatic carbocycles. The van der Waals surface area contributed by atoms with Crippen LogP contribution in [0.5, 0.6) is 0 Å². The van der Waals surface area contributed by atoms with E-state index in [-0.39, 0.29) is 11.5 Å². The molecule has 138 valence electrons. The highest BCUT2D eigenvalue weighted by Gasteiger charge is 2.18. The highest BCUT2D eigenvalue weighted by molar-refractivity contribution is 7.08. The molecule has 2 N–H and O–H groups in total. The van der Waals surface area contributed by atoms with Crippen molar-refractivity contribution in [1.82, 2.24) is 20.4 Å². The molecule has 0 radical (unpaired) electrons. The molecule has 0 spiro atoms. The fourth-order valence-corrected chi connectivity index (χ4v) is 3.09. The summed E-state index contributed by atoms with van der Waals surface area (Å²) in [5, 5.41) is 4.59. The first-order valence-corrected chi connectivity index (χ1v) is 9.14. The van der Waals surface area contributed by atoms with Gasteiger partial charge in [0, 0.05) is 17.0 Å². The summed E-state index contributed by atoms with van der Waals surface area (Å²) in [5.41, 5.74) is 6.59. The van der Waals surface area contributed by atoms with Crippen molar-refractivity contribution >= 4 is 35.1 Å². The van der Waals surface area contributed by atoms with Crippen LogP contribution >= 0.6 is 23.1 Å². The Hall–Kier alpha value is -2.97. The maximum Gasteiger partial charge on any atom is 0.426 e. The van der Waals surface area contributed by atoms with Crippen molar-refractivity contribution < 1.29 is 14.3 Å². The van der Waals surface area contributed by atoms with Gasteiger partial charge in [-0.15, -0.1) is 5.10 Å². The lowest BCUT2D eigenvalue weighted by atomic mass is 10.1. The number of rotatable bonds is 5. The van der Waals surface area contributed by atoms with Gasteiger partial charge in [-0.1, -0.05) is 64.6 Å². The molecule has 27 heavy (non-hydrogen) atoms. The van der Waals surface area contributed by atoms with Crippen molar-refractivity contribution in [3.63, 3.8) is 0 Å². The lowest BCUT2D eigenvalue weighted by Gasteiger charge is -2.08. The molecule has 0 saturated heterocycles. The summed E-state index contributed by atoms with van der Waals surface area (Å²) in [6, 6.07) is 16.5. The Labute approximate surface area is 164 Å². The smallest absolute Gasteiger partial charge is 0.426 e. The Morgan fingerprint density at radius 3 is 2.56 bits per heavy atom. The van der Waals surface area contributed by atoms with Gasteiger partial charge >= 0.3 is 6.09 Å². The monoisotopic (exact) mass is 402 g/mol. The highest BCUT2D eigenvalue weighted by Crippen LogP contribution is 2.23. The Bertz CT molecular complexity index is 933. The fraction of sp³-hybridized carbons (Fsp3) is 0.111. The van der Waals surface area contributed by atoms with E-state index in [1.807, 2.05) is 48.5 Å². The van der Waals surface area contributed by atoms with Crippen molar-refractivity contribution in [2.24, 2.45) is 0 Å². The second kappa shape index (κ2) is 9.11. The Morgan fingerprint density at radius 2 is 1.78 bits per heavy atom. The third-order valence-corrected chi connectivity index (χ3v) is 4.68. The molecular formula is C18H15ClN4O3S. The summed E-state index contributed by atoms with van der Waals surface area (Å²) >= 11 is 6.98. The molecule has 0 bridgehead atoms. The summed E-state index contributed by atoms with van der Waals surface area (Å²) in [6.45, 7) is 0.128. The quantitative estimate of drug-likeness (QED) is 0.637. The first kappa shape index (κ1) is 18.8. The maximum atomic E-state index is 12.3. The van der Waals surface area contributed by atoms with E-state index in [1.165, 1.54) is 0 Å². The zero-order chi connectivity index (χ0) is 19.1. The van der Waals surface area contributed by atoms with Gasteiger partial charge in [0.05, 0.1) is 6.61 Å². The zero-order valence-electron chi connectivity index (χ0n) is 14.0. The third-order valence-electron chi connectivity index (χ3n) is 3.58. The van der Waals surface area contributed by atoms with Crippen LogP contribution in [0.3, 0.4) is 0 Å². The Balaban J connectivity index is 1.49. The summed E-state index contributed by atoms with van der Waals surface area (Å²) in [7, 11) is 0. The highest BCUT2D eigenvalue weighted by atomic mass is 35.5. The number of benzene rings is 2. The van der Waals surface area contributed by atoms with Crippen LogP contribution in [0, 0.1) is 0 Å². The van der Waals surface area contributed by atoms with E-state index >= 15 is 0 Å².